The number of aromatic amines is 1. The maximum absolute atomic E-state index is 13.6. The summed E-state index contributed by atoms with van der Waals surface area (Å²) in [6.07, 6.45) is 9.60. The van der Waals surface area contributed by atoms with Crippen LogP contribution in [-0.2, 0) is 11.3 Å². The third kappa shape index (κ3) is 4.52. The number of carbonyl (C=O) groups is 2. The Labute approximate surface area is 204 Å². The number of hydrogen-bond donors (Lipinski definition) is 2. The van der Waals surface area contributed by atoms with E-state index in [1.165, 1.54) is 18.2 Å². The Morgan fingerprint density at radius 3 is 2.69 bits per heavy atom. The first-order chi connectivity index (χ1) is 16.8. The zero-order chi connectivity index (χ0) is 24.7. The molecule has 4 heterocycles. The first-order valence-electron chi connectivity index (χ1n) is 12.0. The van der Waals surface area contributed by atoms with Gasteiger partial charge in [0.15, 0.2) is 0 Å². The molecule has 5 rings (SSSR count). The number of piperidine rings is 1. The molecule has 0 spiro atoms. The van der Waals surface area contributed by atoms with Gasteiger partial charge in [0.1, 0.15) is 5.83 Å². The van der Waals surface area contributed by atoms with Gasteiger partial charge >= 0.3 is 0 Å². The highest BCUT2D eigenvalue weighted by Gasteiger charge is 2.33. The number of nitrogens with zero attached hydrogens (tertiary/aromatic N) is 3. The van der Waals surface area contributed by atoms with Crippen LogP contribution in [0.3, 0.4) is 0 Å². The van der Waals surface area contributed by atoms with Crippen LogP contribution >= 0.6 is 0 Å². The van der Waals surface area contributed by atoms with Gasteiger partial charge in [-0.05, 0) is 69.0 Å². The standard InChI is InChI=1S/C27H30FN5O2/c1-16-4-6-22(14-29-16)32-10-8-21(9-11-32)31-27(35)26-17(2)23(30-18(26)3)15-33-24-7-5-20(28)12-19(24)13-25(33)34/h4-7,12-14,21,24,30H,8-11,15H2,1-3H3,(H,31,35). The van der Waals surface area contributed by atoms with Crippen LogP contribution in [0, 0.1) is 20.8 Å². The molecule has 2 aromatic rings. The van der Waals surface area contributed by atoms with Gasteiger partial charge in [0, 0.05) is 42.3 Å². The highest BCUT2D eigenvalue weighted by Crippen LogP contribution is 2.30. The van der Waals surface area contributed by atoms with Crippen LogP contribution in [0.25, 0.3) is 0 Å². The summed E-state index contributed by atoms with van der Waals surface area (Å²) in [7, 11) is 0. The fraction of sp³-hybridized carbons (Fsp3) is 0.370. The van der Waals surface area contributed by atoms with Crippen molar-refractivity contribution in [3.63, 3.8) is 0 Å². The van der Waals surface area contributed by atoms with Crippen LogP contribution in [0.1, 0.15) is 45.8 Å². The van der Waals surface area contributed by atoms with E-state index in [4.69, 9.17) is 0 Å². The number of H-pyrrole nitrogens is 1. The number of amides is 2. The van der Waals surface area contributed by atoms with Gasteiger partial charge in [0.05, 0.1) is 30.0 Å². The summed E-state index contributed by atoms with van der Waals surface area (Å²) in [5.41, 5.74) is 5.84. The summed E-state index contributed by atoms with van der Waals surface area (Å²) in [5.74, 6) is -0.602. The van der Waals surface area contributed by atoms with Crippen molar-refractivity contribution in [3.05, 3.63) is 82.2 Å². The number of allylic oxidation sites excluding steroid dienone is 2. The molecule has 35 heavy (non-hydrogen) atoms. The lowest BCUT2D eigenvalue weighted by molar-refractivity contribution is -0.126. The Hall–Kier alpha value is -3.68. The van der Waals surface area contributed by atoms with E-state index in [-0.39, 0.29) is 29.7 Å². The first kappa shape index (κ1) is 23.1. The van der Waals surface area contributed by atoms with Crippen LogP contribution in [-0.4, -0.2) is 51.9 Å². The molecular weight excluding hydrogens is 445 g/mol. The molecule has 0 aromatic carbocycles. The van der Waals surface area contributed by atoms with Crippen molar-refractivity contribution in [2.75, 3.05) is 18.0 Å². The van der Waals surface area contributed by atoms with E-state index in [1.54, 1.807) is 11.0 Å². The predicted molar refractivity (Wildman–Crippen MR) is 133 cm³/mol. The van der Waals surface area contributed by atoms with Crippen molar-refractivity contribution in [1.82, 2.24) is 20.2 Å². The van der Waals surface area contributed by atoms with Crippen molar-refractivity contribution in [2.45, 2.75) is 52.2 Å². The van der Waals surface area contributed by atoms with Gasteiger partial charge in [0.25, 0.3) is 5.91 Å². The van der Waals surface area contributed by atoms with Crippen molar-refractivity contribution in [3.8, 4) is 0 Å². The largest absolute Gasteiger partial charge is 0.370 e. The van der Waals surface area contributed by atoms with Gasteiger partial charge in [-0.1, -0.05) is 6.08 Å². The van der Waals surface area contributed by atoms with E-state index in [2.05, 4.69) is 26.3 Å². The minimum atomic E-state index is -0.352. The summed E-state index contributed by atoms with van der Waals surface area (Å²) in [6, 6.07) is 3.94. The van der Waals surface area contributed by atoms with E-state index in [1.807, 2.05) is 33.0 Å². The molecule has 0 saturated carbocycles. The Morgan fingerprint density at radius 2 is 1.97 bits per heavy atom. The molecule has 2 aliphatic heterocycles. The number of aryl methyl sites for hydroxylation is 2. The maximum atomic E-state index is 13.6. The van der Waals surface area contributed by atoms with Crippen LogP contribution < -0.4 is 10.2 Å². The van der Waals surface area contributed by atoms with E-state index < -0.39 is 0 Å². The molecule has 1 aliphatic carbocycles. The normalized spacial score (nSPS) is 20.1. The average Bonchev–Trinajstić information content (AvgIpc) is 3.29. The van der Waals surface area contributed by atoms with Gasteiger partial charge < -0.3 is 20.1 Å². The molecule has 0 radical (unpaired) electrons. The van der Waals surface area contributed by atoms with Gasteiger partial charge in [0.2, 0.25) is 5.91 Å². The predicted octanol–water partition coefficient (Wildman–Crippen LogP) is 3.79. The zero-order valence-electron chi connectivity index (χ0n) is 20.3. The summed E-state index contributed by atoms with van der Waals surface area (Å²) in [6.45, 7) is 7.82. The molecule has 1 saturated heterocycles. The third-order valence-electron chi connectivity index (χ3n) is 7.18. The number of anilines is 1. The van der Waals surface area contributed by atoms with Crippen molar-refractivity contribution in [2.24, 2.45) is 0 Å². The van der Waals surface area contributed by atoms with E-state index >= 15 is 0 Å². The lowest BCUT2D eigenvalue weighted by Gasteiger charge is -2.33. The lowest BCUT2D eigenvalue weighted by Crippen LogP contribution is -2.45. The molecule has 2 N–H and O–H groups in total. The molecule has 1 fully saturated rings. The molecule has 8 heteroatoms. The number of fused-ring (bicyclic) bond motifs is 1. The SMILES string of the molecule is Cc1ccc(N2CCC(NC(=O)c3c(C)[nH]c(CN4C(=O)C=C5C=C(F)C=CC54)c3C)CC2)cn1. The van der Waals surface area contributed by atoms with E-state index in [9.17, 15) is 14.0 Å². The van der Waals surface area contributed by atoms with Crippen molar-refractivity contribution < 1.29 is 14.0 Å². The second kappa shape index (κ2) is 9.17. The van der Waals surface area contributed by atoms with Crippen molar-refractivity contribution >= 4 is 17.5 Å². The van der Waals surface area contributed by atoms with Gasteiger partial charge in [-0.25, -0.2) is 4.39 Å². The summed E-state index contributed by atoms with van der Waals surface area (Å²) < 4.78 is 13.6. The summed E-state index contributed by atoms with van der Waals surface area (Å²) >= 11 is 0. The maximum Gasteiger partial charge on any atom is 0.253 e. The first-order valence-corrected chi connectivity index (χ1v) is 12.0. The highest BCUT2D eigenvalue weighted by atomic mass is 19.1. The van der Waals surface area contributed by atoms with E-state index in [0.717, 1.165) is 54.3 Å². The molecule has 2 aromatic heterocycles. The quantitative estimate of drug-likeness (QED) is 0.690. The Balaban J connectivity index is 1.22. The molecule has 0 bridgehead atoms. The minimum absolute atomic E-state index is 0.0907. The second-order valence-corrected chi connectivity index (χ2v) is 9.56. The summed E-state index contributed by atoms with van der Waals surface area (Å²) in [4.78, 5) is 37.5. The highest BCUT2D eigenvalue weighted by molar-refractivity contribution is 5.97. The number of pyridine rings is 1. The van der Waals surface area contributed by atoms with Crippen LogP contribution in [0.15, 0.2) is 54.0 Å². The number of halogens is 1. The average molecular weight is 476 g/mol. The van der Waals surface area contributed by atoms with Crippen LogP contribution in [0.4, 0.5) is 10.1 Å². The van der Waals surface area contributed by atoms with Crippen LogP contribution in [0.2, 0.25) is 0 Å². The monoisotopic (exact) mass is 475 g/mol. The molecule has 1 unspecified atom stereocenters. The molecule has 1 atom stereocenters. The van der Waals surface area contributed by atoms with Crippen molar-refractivity contribution in [1.29, 1.82) is 0 Å². The minimum Gasteiger partial charge on any atom is -0.370 e. The Morgan fingerprint density at radius 1 is 1.20 bits per heavy atom. The van der Waals surface area contributed by atoms with E-state index in [0.29, 0.717) is 17.7 Å². The molecular formula is C27H30FN5O2. The fourth-order valence-electron chi connectivity index (χ4n) is 5.21. The molecule has 2 amide bonds. The molecule has 7 nitrogen and oxygen atoms in total. The topological polar surface area (TPSA) is 81.3 Å². The number of carbonyl (C=O) groups excluding carboxylic acids is 2. The lowest BCUT2D eigenvalue weighted by atomic mass is 10.0. The van der Waals surface area contributed by atoms with Gasteiger partial charge in [-0.2, -0.15) is 0 Å². The Bertz CT molecular complexity index is 1250. The second-order valence-electron chi connectivity index (χ2n) is 9.56. The van der Waals surface area contributed by atoms with Crippen LogP contribution in [0.5, 0.6) is 0 Å². The third-order valence-corrected chi connectivity index (χ3v) is 7.18. The smallest absolute Gasteiger partial charge is 0.253 e. The Kier molecular flexibility index (Phi) is 6.05. The number of rotatable bonds is 5. The zero-order valence-corrected chi connectivity index (χ0v) is 20.3. The molecule has 3 aliphatic rings. The number of nitrogens with one attached hydrogen (secondary N) is 2. The fourth-order valence-corrected chi connectivity index (χ4v) is 5.21. The van der Waals surface area contributed by atoms with Gasteiger partial charge in [-0.15, -0.1) is 0 Å². The van der Waals surface area contributed by atoms with Gasteiger partial charge in [-0.3, -0.25) is 14.6 Å². The molecule has 182 valence electrons. The summed E-state index contributed by atoms with van der Waals surface area (Å²) in [5, 5.41) is 3.21. The number of aromatic nitrogens is 2. The number of hydrogen-bond acceptors (Lipinski definition) is 4.